The highest BCUT2D eigenvalue weighted by Gasteiger charge is 2.50. The van der Waals surface area contributed by atoms with Gasteiger partial charge in [-0.25, -0.2) is 9.48 Å². The average Bonchev–Trinajstić information content (AvgIpc) is 3.32. The Labute approximate surface area is 208 Å². The number of nitrogens with one attached hydrogen (secondary N) is 1. The van der Waals surface area contributed by atoms with Crippen molar-refractivity contribution < 1.29 is 9.53 Å². The van der Waals surface area contributed by atoms with Crippen LogP contribution >= 0.6 is 0 Å². The first-order chi connectivity index (χ1) is 16.6. The normalized spacial score (nSPS) is 23.2. The summed E-state index contributed by atoms with van der Waals surface area (Å²) < 4.78 is 7.93. The standard InChI is InChI=1S/C28H50N4O2/c1-5-8-10-11-13-15-22(14-12-9-6-2)29-28(33)34-20-25-23-16-18-26-27(19-17-24(23)25)32(31-30-26)21(4)7-3/h21-25H,5-20H2,1-4H3,(H,29,33). The molecule has 3 rings (SSSR count). The monoisotopic (exact) mass is 474 g/mol. The molecule has 194 valence electrons. The van der Waals surface area contributed by atoms with E-state index in [0.717, 1.165) is 44.9 Å². The van der Waals surface area contributed by atoms with Gasteiger partial charge in [-0.1, -0.05) is 77.4 Å². The molecule has 5 unspecified atom stereocenters. The second-order valence-electron chi connectivity index (χ2n) is 10.9. The summed E-state index contributed by atoms with van der Waals surface area (Å²) in [7, 11) is 0. The number of alkyl carbamates (subject to hydrolysis) is 1. The van der Waals surface area contributed by atoms with E-state index in [2.05, 4.69) is 48.0 Å². The SMILES string of the molecule is CCCCCCCC(CCCCC)NC(=O)OCC1C2CCc3nnn(C(C)CC)c3CCC21. The number of aryl methyl sites for hydroxylation is 1. The Morgan fingerprint density at radius 3 is 2.35 bits per heavy atom. The van der Waals surface area contributed by atoms with Gasteiger partial charge >= 0.3 is 6.09 Å². The molecular weight excluding hydrogens is 424 g/mol. The number of ether oxygens (including phenoxy) is 1. The van der Waals surface area contributed by atoms with Crippen molar-refractivity contribution in [3.63, 3.8) is 0 Å². The van der Waals surface area contributed by atoms with Gasteiger partial charge in [-0.2, -0.15) is 0 Å². The van der Waals surface area contributed by atoms with Gasteiger partial charge in [-0.3, -0.25) is 0 Å². The van der Waals surface area contributed by atoms with Crippen LogP contribution in [0, 0.1) is 17.8 Å². The lowest BCUT2D eigenvalue weighted by Gasteiger charge is -2.18. The Morgan fingerprint density at radius 2 is 1.65 bits per heavy atom. The molecule has 1 N–H and O–H groups in total. The van der Waals surface area contributed by atoms with E-state index in [1.54, 1.807) is 0 Å². The van der Waals surface area contributed by atoms with Crippen LogP contribution < -0.4 is 5.32 Å². The Bertz CT molecular complexity index is 734. The molecule has 1 amide bonds. The molecule has 1 heterocycles. The van der Waals surface area contributed by atoms with E-state index in [-0.39, 0.29) is 12.1 Å². The molecule has 1 saturated carbocycles. The quantitative estimate of drug-likeness (QED) is 0.277. The fourth-order valence-corrected chi connectivity index (χ4v) is 5.86. The van der Waals surface area contributed by atoms with Crippen molar-refractivity contribution in [1.82, 2.24) is 20.3 Å². The number of hydrogen-bond acceptors (Lipinski definition) is 4. The summed E-state index contributed by atoms with van der Waals surface area (Å²) in [5.41, 5.74) is 2.53. The van der Waals surface area contributed by atoms with Gasteiger partial charge in [0.05, 0.1) is 24.0 Å². The number of nitrogens with zero attached hydrogens (tertiary/aromatic N) is 3. The smallest absolute Gasteiger partial charge is 0.407 e. The molecule has 0 aliphatic heterocycles. The van der Waals surface area contributed by atoms with Crippen LogP contribution in [0.25, 0.3) is 0 Å². The van der Waals surface area contributed by atoms with Gasteiger partial charge in [0.2, 0.25) is 0 Å². The van der Waals surface area contributed by atoms with Crippen molar-refractivity contribution in [2.75, 3.05) is 6.61 Å². The van der Waals surface area contributed by atoms with Gasteiger partial charge in [-0.15, -0.1) is 5.10 Å². The van der Waals surface area contributed by atoms with Gasteiger partial charge in [0, 0.05) is 6.04 Å². The Kier molecular flexibility index (Phi) is 11.2. The van der Waals surface area contributed by atoms with Crippen LogP contribution in [-0.2, 0) is 17.6 Å². The summed E-state index contributed by atoms with van der Waals surface area (Å²) in [5, 5.41) is 12.2. The zero-order chi connectivity index (χ0) is 24.3. The number of unbranched alkanes of at least 4 members (excludes halogenated alkanes) is 6. The van der Waals surface area contributed by atoms with Crippen molar-refractivity contribution in [3.05, 3.63) is 11.4 Å². The van der Waals surface area contributed by atoms with Gasteiger partial charge in [-0.05, 0) is 69.6 Å². The van der Waals surface area contributed by atoms with Crippen molar-refractivity contribution in [3.8, 4) is 0 Å². The molecule has 2 aliphatic carbocycles. The minimum absolute atomic E-state index is 0.202. The van der Waals surface area contributed by atoms with Crippen molar-refractivity contribution in [2.45, 2.75) is 136 Å². The van der Waals surface area contributed by atoms with E-state index in [9.17, 15) is 4.79 Å². The maximum atomic E-state index is 12.6. The number of hydrogen-bond donors (Lipinski definition) is 1. The lowest BCUT2D eigenvalue weighted by atomic mass is 10.0. The zero-order valence-electron chi connectivity index (χ0n) is 22.4. The Balaban J connectivity index is 1.42. The predicted octanol–water partition coefficient (Wildman–Crippen LogP) is 7.03. The molecule has 0 saturated heterocycles. The second-order valence-corrected chi connectivity index (χ2v) is 10.9. The van der Waals surface area contributed by atoms with E-state index < -0.39 is 0 Å². The first-order valence-corrected chi connectivity index (χ1v) is 14.4. The molecule has 34 heavy (non-hydrogen) atoms. The average molecular weight is 475 g/mol. The highest BCUT2D eigenvalue weighted by atomic mass is 16.5. The molecule has 6 heteroatoms. The van der Waals surface area contributed by atoms with E-state index in [1.165, 1.54) is 62.8 Å². The van der Waals surface area contributed by atoms with Crippen LogP contribution in [0.3, 0.4) is 0 Å². The topological polar surface area (TPSA) is 69.0 Å². The molecule has 0 radical (unpaired) electrons. The molecule has 2 aliphatic rings. The molecule has 0 aromatic carbocycles. The third-order valence-electron chi connectivity index (χ3n) is 8.36. The van der Waals surface area contributed by atoms with E-state index >= 15 is 0 Å². The number of carbonyl (C=O) groups excluding carboxylic acids is 1. The first kappa shape index (κ1) is 27.0. The zero-order valence-corrected chi connectivity index (χ0v) is 22.4. The fourth-order valence-electron chi connectivity index (χ4n) is 5.86. The lowest BCUT2D eigenvalue weighted by molar-refractivity contribution is 0.132. The minimum Gasteiger partial charge on any atom is -0.449 e. The minimum atomic E-state index is -0.202. The van der Waals surface area contributed by atoms with Gasteiger partial charge in [0.1, 0.15) is 0 Å². The van der Waals surface area contributed by atoms with Crippen LogP contribution in [0.1, 0.15) is 129 Å². The van der Waals surface area contributed by atoms with Crippen LogP contribution in [0.4, 0.5) is 4.79 Å². The van der Waals surface area contributed by atoms with Crippen molar-refractivity contribution in [1.29, 1.82) is 0 Å². The molecule has 1 fully saturated rings. The summed E-state index contributed by atoms with van der Waals surface area (Å²) in [6.45, 7) is 9.48. The highest BCUT2D eigenvalue weighted by molar-refractivity contribution is 5.67. The third kappa shape index (κ3) is 7.71. The van der Waals surface area contributed by atoms with Gasteiger partial charge in [0.25, 0.3) is 0 Å². The molecule has 1 aromatic heterocycles. The van der Waals surface area contributed by atoms with Crippen LogP contribution in [0.15, 0.2) is 0 Å². The summed E-state index contributed by atoms with van der Waals surface area (Å²) in [6.07, 6.45) is 17.4. The number of fused-ring (bicyclic) bond motifs is 2. The largest absolute Gasteiger partial charge is 0.449 e. The molecule has 5 atom stereocenters. The Morgan fingerprint density at radius 1 is 1.00 bits per heavy atom. The molecule has 0 spiro atoms. The number of amides is 1. The van der Waals surface area contributed by atoms with Crippen molar-refractivity contribution in [2.24, 2.45) is 17.8 Å². The second kappa shape index (κ2) is 14.1. The van der Waals surface area contributed by atoms with Crippen LogP contribution in [0.5, 0.6) is 0 Å². The first-order valence-electron chi connectivity index (χ1n) is 14.4. The predicted molar refractivity (Wildman–Crippen MR) is 138 cm³/mol. The number of carbonyl (C=O) groups is 1. The summed E-state index contributed by atoms with van der Waals surface area (Å²) in [4.78, 5) is 12.6. The molecular formula is C28H50N4O2. The fraction of sp³-hybridized carbons (Fsp3) is 0.893. The maximum absolute atomic E-state index is 12.6. The lowest BCUT2D eigenvalue weighted by Crippen LogP contribution is -2.35. The summed E-state index contributed by atoms with van der Waals surface area (Å²) >= 11 is 0. The number of aromatic nitrogens is 3. The van der Waals surface area contributed by atoms with E-state index in [0.29, 0.717) is 30.4 Å². The van der Waals surface area contributed by atoms with E-state index in [1.807, 2.05) is 0 Å². The van der Waals surface area contributed by atoms with E-state index in [4.69, 9.17) is 4.74 Å². The molecule has 1 aromatic rings. The van der Waals surface area contributed by atoms with Crippen molar-refractivity contribution >= 4 is 6.09 Å². The summed E-state index contributed by atoms with van der Waals surface area (Å²) in [5.74, 6) is 1.88. The molecule has 6 nitrogen and oxygen atoms in total. The Hall–Kier alpha value is -1.59. The maximum Gasteiger partial charge on any atom is 0.407 e. The number of rotatable bonds is 15. The van der Waals surface area contributed by atoms with Crippen LogP contribution in [-0.4, -0.2) is 33.7 Å². The third-order valence-corrected chi connectivity index (χ3v) is 8.36. The summed E-state index contributed by atoms with van der Waals surface area (Å²) in [6, 6.07) is 0.669. The van der Waals surface area contributed by atoms with Gasteiger partial charge in [0.15, 0.2) is 0 Å². The van der Waals surface area contributed by atoms with Gasteiger partial charge < -0.3 is 10.1 Å². The highest BCUT2D eigenvalue weighted by Crippen LogP contribution is 2.53. The molecule has 0 bridgehead atoms. The van der Waals surface area contributed by atoms with Crippen LogP contribution in [0.2, 0.25) is 0 Å².